The minimum absolute atomic E-state index is 0.0919. The van der Waals surface area contributed by atoms with Crippen molar-refractivity contribution >= 4 is 11.6 Å². The molecule has 7 heteroatoms. The molecule has 1 aliphatic rings. The van der Waals surface area contributed by atoms with E-state index in [4.69, 9.17) is 23.7 Å². The second kappa shape index (κ2) is 10.8. The van der Waals surface area contributed by atoms with Crippen molar-refractivity contribution in [2.24, 2.45) is 0 Å². The molecule has 7 nitrogen and oxygen atoms in total. The number of aryl methyl sites for hydroxylation is 1. The zero-order valence-electron chi connectivity index (χ0n) is 18.7. The first kappa shape index (κ1) is 22.6. The van der Waals surface area contributed by atoms with Gasteiger partial charge in [-0.25, -0.2) is 0 Å². The molecule has 0 aromatic heterocycles. The lowest BCUT2D eigenvalue weighted by Gasteiger charge is -2.17. The van der Waals surface area contributed by atoms with E-state index in [1.165, 1.54) is 12.8 Å². The standard InChI is InChI=1S/C24H31NO6/c1-27-19-11-10-17(15-20(19)31-18-7-5-6-8-18)25-23(26)12-9-16-13-21(28-2)24(30-4)22(14-16)29-3/h10-11,13-15,18H,5-9,12H2,1-4H3,(H,25,26). The summed E-state index contributed by atoms with van der Waals surface area (Å²) in [5.74, 6) is 2.92. The molecule has 1 amide bonds. The number of methoxy groups -OCH3 is 4. The van der Waals surface area contributed by atoms with Gasteiger partial charge in [-0.3, -0.25) is 4.79 Å². The summed E-state index contributed by atoms with van der Waals surface area (Å²) in [6.07, 6.45) is 5.52. The van der Waals surface area contributed by atoms with E-state index >= 15 is 0 Å². The highest BCUT2D eigenvalue weighted by atomic mass is 16.5. The van der Waals surface area contributed by atoms with E-state index in [0.717, 1.165) is 18.4 Å². The summed E-state index contributed by atoms with van der Waals surface area (Å²) in [6, 6.07) is 9.18. The number of carbonyl (C=O) groups is 1. The van der Waals surface area contributed by atoms with Gasteiger partial charge in [0.25, 0.3) is 0 Å². The largest absolute Gasteiger partial charge is 0.493 e. The molecule has 2 aromatic carbocycles. The lowest BCUT2D eigenvalue weighted by atomic mass is 10.1. The van der Waals surface area contributed by atoms with Crippen molar-refractivity contribution in [1.82, 2.24) is 0 Å². The highest BCUT2D eigenvalue weighted by molar-refractivity contribution is 5.91. The van der Waals surface area contributed by atoms with E-state index in [1.807, 2.05) is 30.3 Å². The van der Waals surface area contributed by atoms with Crippen molar-refractivity contribution in [3.8, 4) is 28.7 Å². The van der Waals surface area contributed by atoms with Crippen molar-refractivity contribution in [3.63, 3.8) is 0 Å². The first-order valence-corrected chi connectivity index (χ1v) is 10.5. The molecule has 1 fully saturated rings. The van der Waals surface area contributed by atoms with Gasteiger partial charge in [-0.1, -0.05) is 0 Å². The van der Waals surface area contributed by atoms with Crippen LogP contribution in [0.15, 0.2) is 30.3 Å². The van der Waals surface area contributed by atoms with Crippen molar-refractivity contribution < 1.29 is 28.5 Å². The highest BCUT2D eigenvalue weighted by Crippen LogP contribution is 2.38. The van der Waals surface area contributed by atoms with Crippen LogP contribution in [0.2, 0.25) is 0 Å². The summed E-state index contributed by atoms with van der Waals surface area (Å²) in [6.45, 7) is 0. The molecular formula is C24H31NO6. The molecule has 3 rings (SSSR count). The zero-order valence-corrected chi connectivity index (χ0v) is 18.7. The number of ether oxygens (including phenoxy) is 5. The third-order valence-corrected chi connectivity index (χ3v) is 5.41. The molecule has 0 radical (unpaired) electrons. The maximum Gasteiger partial charge on any atom is 0.224 e. The SMILES string of the molecule is COc1ccc(NC(=O)CCc2cc(OC)c(OC)c(OC)c2)cc1OC1CCCC1. The fourth-order valence-corrected chi connectivity index (χ4v) is 3.79. The molecule has 0 bridgehead atoms. The Hall–Kier alpha value is -3.09. The second-order valence-electron chi connectivity index (χ2n) is 7.47. The van der Waals surface area contributed by atoms with Crippen molar-refractivity contribution in [3.05, 3.63) is 35.9 Å². The predicted molar refractivity (Wildman–Crippen MR) is 119 cm³/mol. The lowest BCUT2D eigenvalue weighted by Crippen LogP contribution is -2.14. The van der Waals surface area contributed by atoms with E-state index in [-0.39, 0.29) is 12.0 Å². The van der Waals surface area contributed by atoms with E-state index in [0.29, 0.717) is 47.3 Å². The van der Waals surface area contributed by atoms with Gasteiger partial charge < -0.3 is 29.0 Å². The van der Waals surface area contributed by atoms with Gasteiger partial charge in [-0.15, -0.1) is 0 Å². The fourth-order valence-electron chi connectivity index (χ4n) is 3.79. The molecule has 1 aliphatic carbocycles. The molecule has 0 aliphatic heterocycles. The van der Waals surface area contributed by atoms with E-state index in [2.05, 4.69) is 5.32 Å². The molecule has 1 N–H and O–H groups in total. The van der Waals surface area contributed by atoms with E-state index in [1.54, 1.807) is 28.4 Å². The van der Waals surface area contributed by atoms with Crippen LogP contribution in [-0.4, -0.2) is 40.5 Å². The Morgan fingerprint density at radius 1 is 0.871 bits per heavy atom. The first-order chi connectivity index (χ1) is 15.1. The topological polar surface area (TPSA) is 75.3 Å². The molecular weight excluding hydrogens is 398 g/mol. The Morgan fingerprint density at radius 3 is 2.10 bits per heavy atom. The van der Waals surface area contributed by atoms with Gasteiger partial charge in [0.05, 0.1) is 34.5 Å². The smallest absolute Gasteiger partial charge is 0.224 e. The Kier molecular flexibility index (Phi) is 7.87. The molecule has 0 saturated heterocycles. The predicted octanol–water partition coefficient (Wildman–Crippen LogP) is 4.61. The minimum Gasteiger partial charge on any atom is -0.493 e. The number of nitrogens with one attached hydrogen (secondary N) is 1. The van der Waals surface area contributed by atoms with Crippen LogP contribution in [0.4, 0.5) is 5.69 Å². The van der Waals surface area contributed by atoms with Crippen LogP contribution in [0, 0.1) is 0 Å². The van der Waals surface area contributed by atoms with E-state index < -0.39 is 0 Å². The number of hydrogen-bond donors (Lipinski definition) is 1. The Balaban J connectivity index is 1.64. The molecule has 0 spiro atoms. The summed E-state index contributed by atoms with van der Waals surface area (Å²) in [4.78, 5) is 12.6. The number of benzene rings is 2. The van der Waals surface area contributed by atoms with Crippen LogP contribution in [0.1, 0.15) is 37.7 Å². The average Bonchev–Trinajstić information content (AvgIpc) is 3.30. The average molecular weight is 430 g/mol. The number of carbonyl (C=O) groups excluding carboxylic acids is 1. The second-order valence-corrected chi connectivity index (χ2v) is 7.47. The molecule has 0 atom stereocenters. The van der Waals surface area contributed by atoms with Crippen LogP contribution < -0.4 is 29.0 Å². The molecule has 0 unspecified atom stereocenters. The highest BCUT2D eigenvalue weighted by Gasteiger charge is 2.19. The first-order valence-electron chi connectivity index (χ1n) is 10.5. The van der Waals surface area contributed by atoms with Gasteiger partial charge in [0.1, 0.15) is 0 Å². The summed E-state index contributed by atoms with van der Waals surface area (Å²) < 4.78 is 27.6. The quantitative estimate of drug-likeness (QED) is 0.594. The van der Waals surface area contributed by atoms with E-state index in [9.17, 15) is 4.79 Å². The van der Waals surface area contributed by atoms with Crippen molar-refractivity contribution in [1.29, 1.82) is 0 Å². The lowest BCUT2D eigenvalue weighted by molar-refractivity contribution is -0.116. The van der Waals surface area contributed by atoms with Crippen molar-refractivity contribution in [2.75, 3.05) is 33.8 Å². The summed E-state index contributed by atoms with van der Waals surface area (Å²) in [7, 11) is 6.32. The normalized spacial score (nSPS) is 13.5. The van der Waals surface area contributed by atoms with Gasteiger partial charge >= 0.3 is 0 Å². The summed E-state index contributed by atoms with van der Waals surface area (Å²) in [5.41, 5.74) is 1.60. The molecule has 31 heavy (non-hydrogen) atoms. The van der Waals surface area contributed by atoms with Gasteiger partial charge in [0.2, 0.25) is 11.7 Å². The molecule has 168 valence electrons. The fraction of sp³-hybridized carbons (Fsp3) is 0.458. The van der Waals surface area contributed by atoms with Crippen LogP contribution in [0.25, 0.3) is 0 Å². The maximum atomic E-state index is 12.6. The Labute approximate surface area is 183 Å². The van der Waals surface area contributed by atoms with Crippen LogP contribution in [0.3, 0.4) is 0 Å². The maximum absolute atomic E-state index is 12.6. The molecule has 1 saturated carbocycles. The Morgan fingerprint density at radius 2 is 1.52 bits per heavy atom. The minimum atomic E-state index is -0.0919. The Bertz CT molecular complexity index is 867. The van der Waals surface area contributed by atoms with Gasteiger partial charge in [-0.05, 0) is 61.9 Å². The summed E-state index contributed by atoms with van der Waals surface area (Å²) >= 11 is 0. The van der Waals surface area contributed by atoms with Crippen molar-refractivity contribution in [2.45, 2.75) is 44.6 Å². The van der Waals surface area contributed by atoms with Gasteiger partial charge in [0, 0.05) is 18.2 Å². The van der Waals surface area contributed by atoms with Crippen LogP contribution >= 0.6 is 0 Å². The summed E-state index contributed by atoms with van der Waals surface area (Å²) in [5, 5.41) is 2.95. The van der Waals surface area contributed by atoms with Gasteiger partial charge in [0.15, 0.2) is 23.0 Å². The number of amides is 1. The number of rotatable bonds is 10. The number of anilines is 1. The molecule has 2 aromatic rings. The third-order valence-electron chi connectivity index (χ3n) is 5.41. The third kappa shape index (κ3) is 5.75. The van der Waals surface area contributed by atoms with Crippen LogP contribution in [-0.2, 0) is 11.2 Å². The van der Waals surface area contributed by atoms with Crippen LogP contribution in [0.5, 0.6) is 28.7 Å². The number of hydrogen-bond acceptors (Lipinski definition) is 6. The van der Waals surface area contributed by atoms with Gasteiger partial charge in [-0.2, -0.15) is 0 Å². The molecule has 0 heterocycles. The monoisotopic (exact) mass is 429 g/mol. The zero-order chi connectivity index (χ0) is 22.2.